The molecule has 0 saturated carbocycles. The third kappa shape index (κ3) is 3.62. The number of aromatic nitrogens is 4. The predicted molar refractivity (Wildman–Crippen MR) is 136 cm³/mol. The van der Waals surface area contributed by atoms with E-state index in [9.17, 15) is 19.5 Å². The molecule has 5 heterocycles. The Labute approximate surface area is 215 Å². The maximum Gasteiger partial charge on any atom is 0.476 e. The molecule has 2 atom stereocenters. The number of carboxylic acids is 1. The highest BCUT2D eigenvalue weighted by Crippen LogP contribution is 2.50. The number of H-pyrrole nitrogens is 1. The number of halogens is 1. The fourth-order valence-corrected chi connectivity index (χ4v) is 6.18. The average molecular weight is 523 g/mol. The number of nitrogens with one attached hydrogen (secondary N) is 1. The maximum atomic E-state index is 12.6. The highest BCUT2D eigenvalue weighted by Gasteiger charge is 2.50. The Morgan fingerprint density at radius 1 is 1.24 bits per heavy atom. The average Bonchev–Trinajstić information content (AvgIpc) is 3.30. The van der Waals surface area contributed by atoms with Crippen molar-refractivity contribution >= 4 is 23.2 Å². The minimum atomic E-state index is -1.27. The summed E-state index contributed by atoms with van der Waals surface area (Å²) >= 11 is 6.87. The van der Waals surface area contributed by atoms with Gasteiger partial charge >= 0.3 is 11.7 Å². The van der Waals surface area contributed by atoms with Crippen LogP contribution in [-0.4, -0.2) is 43.1 Å². The zero-order valence-electron chi connectivity index (χ0n) is 20.2. The van der Waals surface area contributed by atoms with E-state index in [1.54, 1.807) is 23.0 Å². The molecule has 2 unspecified atom stereocenters. The van der Waals surface area contributed by atoms with Crippen molar-refractivity contribution in [1.82, 2.24) is 14.5 Å². The first-order valence-electron chi connectivity index (χ1n) is 12.0. The molecule has 1 aromatic carbocycles. The first kappa shape index (κ1) is 23.4. The largest absolute Gasteiger partial charge is 0.490 e. The van der Waals surface area contributed by atoms with Crippen LogP contribution in [0.25, 0.3) is 16.9 Å². The zero-order valence-corrected chi connectivity index (χ0v) is 21.0. The summed E-state index contributed by atoms with van der Waals surface area (Å²) in [4.78, 5) is 36.8. The molecule has 37 heavy (non-hydrogen) atoms. The van der Waals surface area contributed by atoms with E-state index in [1.165, 1.54) is 21.3 Å². The monoisotopic (exact) mass is 522 g/mol. The molecule has 3 aromatic heterocycles. The van der Waals surface area contributed by atoms with Gasteiger partial charge in [-0.15, -0.1) is 16.3 Å². The molecule has 0 aliphatic carbocycles. The van der Waals surface area contributed by atoms with Crippen LogP contribution < -0.4 is 25.3 Å². The van der Waals surface area contributed by atoms with Gasteiger partial charge in [0.1, 0.15) is 24.5 Å². The molecule has 190 valence electrons. The van der Waals surface area contributed by atoms with Gasteiger partial charge in [-0.1, -0.05) is 6.07 Å². The van der Waals surface area contributed by atoms with Crippen molar-refractivity contribution in [1.29, 1.82) is 0 Å². The van der Waals surface area contributed by atoms with E-state index in [4.69, 9.17) is 16.3 Å². The van der Waals surface area contributed by atoms with E-state index in [0.717, 1.165) is 11.1 Å². The molecule has 0 spiro atoms. The Balaban J connectivity index is 1.35. The molecule has 11 heteroatoms. The number of fused-ring (bicyclic) bond motifs is 7. The Bertz CT molecular complexity index is 1690. The SMILES string of the molecule is CC1(C)CC(Cl)C2c3cc(OCCn4[nH]c5cccc[n+]5c4=O)ccc3-c3cc(=O)c(C(=O)O)cn3N21. The number of aromatic amines is 1. The highest BCUT2D eigenvalue weighted by atomic mass is 35.5. The Morgan fingerprint density at radius 2 is 2.05 bits per heavy atom. The van der Waals surface area contributed by atoms with Crippen LogP contribution >= 0.6 is 11.6 Å². The summed E-state index contributed by atoms with van der Waals surface area (Å²) in [5.41, 5.74) is 1.60. The minimum Gasteiger partial charge on any atom is -0.490 e. The number of alkyl halides is 1. The number of carboxylic acid groups (broad SMARTS) is 1. The number of ether oxygens (including phenoxy) is 1. The van der Waals surface area contributed by atoms with Crippen LogP contribution in [-0.2, 0) is 6.54 Å². The second-order valence-corrected chi connectivity index (χ2v) is 10.6. The van der Waals surface area contributed by atoms with Crippen molar-refractivity contribution in [3.8, 4) is 17.0 Å². The summed E-state index contributed by atoms with van der Waals surface area (Å²) in [6.45, 7) is 4.68. The summed E-state index contributed by atoms with van der Waals surface area (Å²) in [7, 11) is 0. The van der Waals surface area contributed by atoms with Gasteiger partial charge in [-0.2, -0.15) is 9.50 Å². The summed E-state index contributed by atoms with van der Waals surface area (Å²) in [6.07, 6.45) is 3.76. The predicted octanol–water partition coefficient (Wildman–Crippen LogP) is 2.30. The number of nitrogens with zero attached hydrogens (tertiary/aromatic N) is 4. The van der Waals surface area contributed by atoms with Gasteiger partial charge in [0.2, 0.25) is 0 Å². The van der Waals surface area contributed by atoms with Crippen molar-refractivity contribution in [3.05, 3.63) is 86.7 Å². The molecular formula is C26H25ClN5O5+. The second-order valence-electron chi connectivity index (χ2n) is 10.0. The third-order valence-electron chi connectivity index (χ3n) is 7.16. The van der Waals surface area contributed by atoms with E-state index in [0.29, 0.717) is 30.1 Å². The smallest absolute Gasteiger partial charge is 0.476 e. The number of aromatic carboxylic acids is 1. The van der Waals surface area contributed by atoms with E-state index < -0.39 is 11.4 Å². The fraction of sp³-hybridized carbons (Fsp3) is 0.308. The number of rotatable bonds is 5. The van der Waals surface area contributed by atoms with Crippen LogP contribution in [0.3, 0.4) is 0 Å². The van der Waals surface area contributed by atoms with Gasteiger partial charge in [0, 0.05) is 23.9 Å². The van der Waals surface area contributed by atoms with Gasteiger partial charge in [0.25, 0.3) is 5.65 Å². The second kappa shape index (κ2) is 8.24. The topological polar surface area (TPSA) is 114 Å². The minimum absolute atomic E-state index is 0.179. The lowest BCUT2D eigenvalue weighted by Crippen LogP contribution is -2.50. The molecule has 2 N–H and O–H groups in total. The summed E-state index contributed by atoms with van der Waals surface area (Å²) in [6, 6.07) is 12.2. The van der Waals surface area contributed by atoms with E-state index in [1.807, 2.05) is 38.1 Å². The molecule has 4 aromatic rings. The summed E-state index contributed by atoms with van der Waals surface area (Å²) < 4.78 is 10.8. The van der Waals surface area contributed by atoms with Gasteiger partial charge in [-0.25, -0.2) is 9.59 Å². The molecule has 1 fully saturated rings. The van der Waals surface area contributed by atoms with Gasteiger partial charge in [0.05, 0.1) is 28.8 Å². The van der Waals surface area contributed by atoms with E-state index in [2.05, 4.69) is 10.1 Å². The van der Waals surface area contributed by atoms with Gasteiger partial charge < -0.3 is 9.84 Å². The van der Waals surface area contributed by atoms with Crippen LogP contribution in [0.15, 0.2) is 64.4 Å². The number of hydrogen-bond acceptors (Lipinski definition) is 5. The van der Waals surface area contributed by atoms with Crippen LogP contribution in [0, 0.1) is 0 Å². The number of benzene rings is 1. The van der Waals surface area contributed by atoms with Crippen molar-refractivity contribution in [3.63, 3.8) is 0 Å². The first-order valence-corrected chi connectivity index (χ1v) is 12.4. The van der Waals surface area contributed by atoms with Crippen molar-refractivity contribution in [2.24, 2.45) is 0 Å². The summed E-state index contributed by atoms with van der Waals surface area (Å²) in [5.74, 6) is -0.652. The van der Waals surface area contributed by atoms with Gasteiger partial charge in [-0.3, -0.25) is 14.5 Å². The lowest BCUT2D eigenvalue weighted by molar-refractivity contribution is -0.530. The molecule has 6 rings (SSSR count). The van der Waals surface area contributed by atoms with Crippen molar-refractivity contribution in [2.75, 3.05) is 11.6 Å². The van der Waals surface area contributed by atoms with Gasteiger partial charge in [-0.05, 0) is 50.1 Å². The molecular weight excluding hydrogens is 498 g/mol. The number of pyridine rings is 2. The number of carbonyl (C=O) groups is 1. The van der Waals surface area contributed by atoms with Crippen LogP contribution in [0.1, 0.15) is 42.2 Å². The fourth-order valence-electron chi connectivity index (χ4n) is 5.56. The standard InChI is InChI=1S/C26H24ClN5O5/c1-26(2)13-19(27)23-17-11-15(37-10-9-30-25(36)29-8-4-3-5-22(29)28-30)6-7-16(17)20-12-21(33)18(24(34)35)14-31(20)32(23)26/h3-8,11-12,14,19,23H,9-10,13H2,1-2H3,(H,34,35)/p+1. The molecule has 0 bridgehead atoms. The lowest BCUT2D eigenvalue weighted by Gasteiger charge is -2.44. The molecule has 10 nitrogen and oxygen atoms in total. The lowest BCUT2D eigenvalue weighted by atomic mass is 9.93. The molecule has 2 aliphatic heterocycles. The van der Waals surface area contributed by atoms with Crippen LogP contribution in [0.4, 0.5) is 0 Å². The highest BCUT2D eigenvalue weighted by molar-refractivity contribution is 6.21. The molecule has 2 aliphatic rings. The Morgan fingerprint density at radius 3 is 2.81 bits per heavy atom. The zero-order chi connectivity index (χ0) is 26.1. The van der Waals surface area contributed by atoms with Crippen LogP contribution in [0.5, 0.6) is 5.75 Å². The Hall–Kier alpha value is -4.05. The van der Waals surface area contributed by atoms with E-state index in [-0.39, 0.29) is 34.8 Å². The van der Waals surface area contributed by atoms with Gasteiger partial charge in [0.15, 0.2) is 5.43 Å². The summed E-state index contributed by atoms with van der Waals surface area (Å²) in [5, 5.41) is 14.4. The molecule has 1 saturated heterocycles. The quantitative estimate of drug-likeness (QED) is 0.307. The number of hydrogen-bond donors (Lipinski definition) is 2. The van der Waals surface area contributed by atoms with E-state index >= 15 is 0 Å². The Kier molecular flexibility index (Phi) is 5.20. The van der Waals surface area contributed by atoms with Crippen molar-refractivity contribution < 1.29 is 19.0 Å². The first-order chi connectivity index (χ1) is 17.7. The van der Waals surface area contributed by atoms with Crippen molar-refractivity contribution in [2.45, 2.75) is 43.8 Å². The maximum absolute atomic E-state index is 12.6. The third-order valence-corrected chi connectivity index (χ3v) is 7.56. The normalized spacial score (nSPS) is 19.4. The van der Waals surface area contributed by atoms with Crippen LogP contribution in [0.2, 0.25) is 0 Å². The molecule has 0 radical (unpaired) electrons. The molecule has 0 amide bonds.